The van der Waals surface area contributed by atoms with Crippen LogP contribution >= 0.6 is 12.2 Å². The predicted molar refractivity (Wildman–Crippen MR) is 101 cm³/mol. The molecular weight excluding hydrogens is 492 g/mol. The van der Waals surface area contributed by atoms with Gasteiger partial charge < -0.3 is 13.8 Å². The van der Waals surface area contributed by atoms with Crippen LogP contribution in [0, 0.1) is 0 Å². The molecule has 0 bridgehead atoms. The zero-order valence-corrected chi connectivity index (χ0v) is 22.9. The summed E-state index contributed by atoms with van der Waals surface area (Å²) in [6.07, 6.45) is -3.13. The number of rotatable bonds is 10. The minimum Gasteiger partial charge on any atom is -0.726 e. The van der Waals surface area contributed by atoms with Crippen LogP contribution < -0.4 is 63.9 Å². The molecule has 0 aromatic heterocycles. The number of ether oxygens (including phenoxy) is 1. The van der Waals surface area contributed by atoms with Crippen molar-refractivity contribution in [2.24, 2.45) is 4.99 Å². The summed E-state index contributed by atoms with van der Waals surface area (Å²) >= 11 is 4.51. The van der Waals surface area contributed by atoms with Gasteiger partial charge >= 0.3 is 59.1 Å². The number of nitrogens with zero attached hydrogens (tertiary/aromatic N) is 1. The second-order valence-electron chi connectivity index (χ2n) is 5.38. The van der Waals surface area contributed by atoms with E-state index in [9.17, 15) is 25.9 Å². The van der Waals surface area contributed by atoms with Crippen molar-refractivity contribution < 1.29 is 98.2 Å². The van der Waals surface area contributed by atoms with Crippen molar-refractivity contribution in [2.45, 2.75) is 12.2 Å². The average Bonchev–Trinajstić information content (AvgIpc) is 2.64. The summed E-state index contributed by atoms with van der Waals surface area (Å²) in [4.78, 5) is 3.77. The van der Waals surface area contributed by atoms with Crippen LogP contribution in [0.15, 0.2) is 59.6 Å². The van der Waals surface area contributed by atoms with Crippen LogP contribution in [-0.2, 0) is 29.2 Å². The van der Waals surface area contributed by atoms with E-state index in [1.807, 2.05) is 0 Å². The quantitative estimate of drug-likeness (QED) is 0.102. The minimum absolute atomic E-state index is 0. The smallest absolute Gasteiger partial charge is 0.726 e. The van der Waals surface area contributed by atoms with Gasteiger partial charge in [0.1, 0.15) is 11.9 Å². The van der Waals surface area contributed by atoms with Crippen LogP contribution in [0.1, 0.15) is 11.7 Å². The fourth-order valence-electron chi connectivity index (χ4n) is 2.26. The van der Waals surface area contributed by atoms with E-state index >= 15 is 0 Å². The summed E-state index contributed by atoms with van der Waals surface area (Å²) < 4.78 is 80.1. The predicted octanol–water partition coefficient (Wildman–Crippen LogP) is -4.13. The van der Waals surface area contributed by atoms with Gasteiger partial charge in [0, 0.05) is 0 Å². The molecule has 2 rings (SSSR count). The maximum atomic E-state index is 11.1. The summed E-state index contributed by atoms with van der Waals surface area (Å²) in [5, 5.41) is 2.17. The number of para-hydroxylation sites is 1. The summed E-state index contributed by atoms with van der Waals surface area (Å²) in [6.45, 7) is -1.08. The Morgan fingerprint density at radius 2 is 1.52 bits per heavy atom. The van der Waals surface area contributed by atoms with Crippen molar-refractivity contribution in [1.29, 1.82) is 0 Å². The van der Waals surface area contributed by atoms with Crippen molar-refractivity contribution in [3.63, 3.8) is 0 Å². The molecule has 2 aromatic rings. The molecule has 0 aliphatic rings. The molecule has 0 N–H and O–H groups in total. The van der Waals surface area contributed by atoms with Gasteiger partial charge in [-0.2, -0.15) is 4.99 Å². The standard InChI is InChI=1S/C16H15NO9S3.2Na/c18-28(19,20)24-10-15(26-29(21,22)23)16(25-14-4-2-1-3-5-14)12-6-8-13(9-7-12)17-11-27;;/h1-9,15-16H,10H2,(H,18,19,20)(H,21,22,23);;/q;2*+1/p-2. The van der Waals surface area contributed by atoms with Gasteiger partial charge in [0.25, 0.3) is 0 Å². The molecule has 10 nitrogen and oxygen atoms in total. The van der Waals surface area contributed by atoms with Gasteiger partial charge in [-0.05, 0) is 42.0 Å². The van der Waals surface area contributed by atoms with E-state index in [2.05, 4.69) is 30.7 Å². The van der Waals surface area contributed by atoms with E-state index in [1.165, 1.54) is 36.4 Å². The molecule has 0 aliphatic carbocycles. The van der Waals surface area contributed by atoms with Crippen molar-refractivity contribution in [1.82, 2.24) is 0 Å². The zero-order valence-electron chi connectivity index (χ0n) is 16.4. The second-order valence-corrected chi connectivity index (χ2v) is 7.63. The molecule has 2 unspecified atom stereocenters. The first-order chi connectivity index (χ1) is 13.6. The van der Waals surface area contributed by atoms with Crippen LogP contribution in [0.3, 0.4) is 0 Å². The van der Waals surface area contributed by atoms with Crippen molar-refractivity contribution in [2.75, 3.05) is 6.61 Å². The number of hydrogen-bond acceptors (Lipinski definition) is 11. The Bertz CT molecular complexity index is 1080. The SMILES string of the molecule is O=S(=O)([O-])OCC(OS(=O)(=O)[O-])C(Oc1ccccc1)c1ccc(N=C=S)cc1.[Na+].[Na+]. The molecule has 0 radical (unpaired) electrons. The van der Waals surface area contributed by atoms with E-state index in [0.29, 0.717) is 5.69 Å². The van der Waals surface area contributed by atoms with Crippen LogP contribution in [0.4, 0.5) is 5.69 Å². The van der Waals surface area contributed by atoms with Gasteiger partial charge in [-0.3, -0.25) is 8.37 Å². The molecular formula is C16H13NNa2O9S3. The largest absolute Gasteiger partial charge is 1.00 e. The molecule has 2 aromatic carbocycles. The number of hydrogen-bond donors (Lipinski definition) is 0. The molecule has 0 saturated carbocycles. The number of benzene rings is 2. The van der Waals surface area contributed by atoms with Crippen LogP contribution in [-0.4, -0.2) is 43.8 Å². The number of isothiocyanates is 1. The van der Waals surface area contributed by atoms with Gasteiger partial charge in [-0.15, -0.1) is 0 Å². The molecule has 0 aliphatic heterocycles. The van der Waals surface area contributed by atoms with Gasteiger partial charge in [-0.25, -0.2) is 16.8 Å². The zero-order chi connectivity index (χ0) is 21.5. The summed E-state index contributed by atoms with van der Waals surface area (Å²) in [5.74, 6) is 0.250. The molecule has 0 saturated heterocycles. The first-order valence-electron chi connectivity index (χ1n) is 7.71. The molecule has 0 amide bonds. The molecule has 0 fully saturated rings. The van der Waals surface area contributed by atoms with Crippen LogP contribution in [0.5, 0.6) is 5.75 Å². The Labute approximate surface area is 229 Å². The first kappa shape index (κ1) is 30.8. The maximum Gasteiger partial charge on any atom is 1.00 e. The molecule has 156 valence electrons. The van der Waals surface area contributed by atoms with Gasteiger partial charge in [0.05, 0.1) is 17.5 Å². The molecule has 31 heavy (non-hydrogen) atoms. The first-order valence-corrected chi connectivity index (χ1v) is 10.8. The topological polar surface area (TPSA) is 154 Å². The molecule has 0 spiro atoms. The minimum atomic E-state index is -5.30. The summed E-state index contributed by atoms with van der Waals surface area (Å²) in [5.41, 5.74) is 0.701. The molecule has 0 heterocycles. The monoisotopic (exact) mass is 505 g/mol. The van der Waals surface area contributed by atoms with Crippen molar-refractivity contribution in [3.05, 3.63) is 60.2 Å². The van der Waals surface area contributed by atoms with Gasteiger partial charge in [0.15, 0.2) is 6.10 Å². The third-order valence-corrected chi connectivity index (χ3v) is 4.36. The Balaban J connectivity index is 0.00000450. The van der Waals surface area contributed by atoms with E-state index in [4.69, 9.17) is 4.74 Å². The molecule has 15 heteroatoms. The number of thiocarbonyl (C=S) groups is 1. The molecule has 2 atom stereocenters. The fraction of sp³-hybridized carbons (Fsp3) is 0.188. The summed E-state index contributed by atoms with van der Waals surface area (Å²) in [6, 6.07) is 13.9. The van der Waals surface area contributed by atoms with Crippen LogP contribution in [0.2, 0.25) is 0 Å². The Morgan fingerprint density at radius 3 is 2.00 bits per heavy atom. The Kier molecular flexibility index (Phi) is 14.0. The van der Waals surface area contributed by atoms with Gasteiger partial charge in [0.2, 0.25) is 20.8 Å². The van der Waals surface area contributed by atoms with Crippen molar-refractivity contribution >= 4 is 43.9 Å². The average molecular weight is 505 g/mol. The Morgan fingerprint density at radius 1 is 0.935 bits per heavy atom. The maximum absolute atomic E-state index is 11.1. The fourth-order valence-corrected chi connectivity index (χ4v) is 3.13. The van der Waals surface area contributed by atoms with Crippen LogP contribution in [0.25, 0.3) is 0 Å². The van der Waals surface area contributed by atoms with E-state index in [1.54, 1.807) is 18.2 Å². The van der Waals surface area contributed by atoms with Gasteiger partial charge in [-0.1, -0.05) is 30.3 Å². The van der Waals surface area contributed by atoms with Crippen molar-refractivity contribution in [3.8, 4) is 5.75 Å². The van der Waals surface area contributed by atoms with E-state index in [-0.39, 0.29) is 70.4 Å². The van der Waals surface area contributed by atoms with E-state index < -0.39 is 39.6 Å². The number of aliphatic imine (C=N–C) groups is 1. The second kappa shape index (κ2) is 14.1. The normalized spacial score (nSPS) is 13.0. The summed E-state index contributed by atoms with van der Waals surface area (Å²) in [7, 11) is -10.5. The third kappa shape index (κ3) is 12.0. The van der Waals surface area contributed by atoms with E-state index in [0.717, 1.165) is 0 Å². The third-order valence-electron chi connectivity index (χ3n) is 3.36. The Hall–Kier alpha value is -0.220.